The van der Waals surface area contributed by atoms with Gasteiger partial charge >= 0.3 is 0 Å². The van der Waals surface area contributed by atoms with Crippen molar-refractivity contribution in [3.63, 3.8) is 0 Å². The summed E-state index contributed by atoms with van der Waals surface area (Å²) in [6.45, 7) is 31.4. The van der Waals surface area contributed by atoms with Gasteiger partial charge in [0.15, 0.2) is 0 Å². The molecule has 0 N–H and O–H groups in total. The van der Waals surface area contributed by atoms with Gasteiger partial charge in [0.05, 0.1) is 43.9 Å². The van der Waals surface area contributed by atoms with Gasteiger partial charge in [0.2, 0.25) is 0 Å². The van der Waals surface area contributed by atoms with Crippen molar-refractivity contribution in [1.82, 2.24) is 29.9 Å². The molecule has 1 aliphatic rings. The number of benzene rings is 2. The normalized spacial score (nSPS) is 12.2. The van der Waals surface area contributed by atoms with Gasteiger partial charge < -0.3 is 0 Å². The van der Waals surface area contributed by atoms with Crippen LogP contribution in [0.5, 0.6) is 0 Å². The van der Waals surface area contributed by atoms with E-state index < -0.39 is 0 Å². The number of nitrogens with zero attached hydrogens (tertiary/aromatic N) is 6. The predicted molar refractivity (Wildman–Crippen MR) is 449 cm³/mol. The zero-order valence-electron chi connectivity index (χ0n) is 64.0. The van der Waals surface area contributed by atoms with Crippen LogP contribution in [-0.2, 0) is 37.5 Å². The molecular formula is C90H136N6S4. The van der Waals surface area contributed by atoms with Crippen molar-refractivity contribution in [2.45, 2.75) is 368 Å². The molecule has 6 nitrogen and oxygen atoms in total. The van der Waals surface area contributed by atoms with E-state index in [1.807, 2.05) is 34.0 Å². The summed E-state index contributed by atoms with van der Waals surface area (Å²) in [5.41, 5.74) is 23.1. The Morgan fingerprint density at radius 1 is 0.300 bits per heavy atom. The van der Waals surface area contributed by atoms with E-state index >= 15 is 0 Å². The molecule has 550 valence electrons. The number of unbranched alkanes of at least 4 members (excludes halogenated alkanes) is 25. The second-order valence-electron chi connectivity index (χ2n) is 29.2. The summed E-state index contributed by atoms with van der Waals surface area (Å²) in [6.07, 6.45) is 49.6. The van der Waals surface area contributed by atoms with Crippen LogP contribution in [0, 0.1) is 48.5 Å². The highest BCUT2D eigenvalue weighted by atomic mass is 32.1. The lowest BCUT2D eigenvalue weighted by Gasteiger charge is -2.33. The lowest BCUT2D eigenvalue weighted by Crippen LogP contribution is -2.25. The van der Waals surface area contributed by atoms with Crippen LogP contribution in [0.3, 0.4) is 0 Å². The van der Waals surface area contributed by atoms with Crippen molar-refractivity contribution in [3.8, 4) is 31.3 Å². The molecule has 9 aromatic rings. The third-order valence-electron chi connectivity index (χ3n) is 20.8. The monoisotopic (exact) mass is 1430 g/mol. The van der Waals surface area contributed by atoms with E-state index in [0.717, 1.165) is 70.9 Å². The maximum atomic E-state index is 5.57. The molecule has 0 bridgehead atoms. The molecule has 0 spiro atoms. The van der Waals surface area contributed by atoms with Crippen LogP contribution in [0.25, 0.3) is 64.4 Å². The summed E-state index contributed by atoms with van der Waals surface area (Å²) in [7, 11) is 0. The first kappa shape index (κ1) is 84.2. The number of aromatic nitrogens is 6. The van der Waals surface area contributed by atoms with Gasteiger partial charge in [0, 0.05) is 34.7 Å². The van der Waals surface area contributed by atoms with E-state index in [9.17, 15) is 0 Å². The first-order valence-electron chi connectivity index (χ1n) is 39.9. The molecule has 0 fully saturated rings. The zero-order valence-corrected chi connectivity index (χ0v) is 67.3. The van der Waals surface area contributed by atoms with E-state index in [1.165, 1.54) is 308 Å². The molecule has 100 heavy (non-hydrogen) atoms. The number of rotatable bonds is 41. The van der Waals surface area contributed by atoms with Crippen LogP contribution in [-0.4, -0.2) is 29.9 Å². The highest BCUT2D eigenvalue weighted by molar-refractivity contribution is 7.23. The number of hydrogen-bond acceptors (Lipinski definition) is 10. The summed E-state index contributed by atoms with van der Waals surface area (Å²) in [5, 5.41) is 0. The number of hydrogen-bond donors (Lipinski definition) is 0. The molecule has 0 aliphatic heterocycles. The standard InChI is InChI=1S/C49H72N2S.C24H34N2S2.C15H22N2S.2CH4/c1-7-11-15-19-21-25-33-49(34-26-22-20-16-12-8-2)42-35-37(5)29-31-40(42)41-32-30-39(36-43(41)49)48-47-46(38(6)52-48)50-44(27-23-17-13-9-3)45(51-47)28-24-18-14-10-4;1-5-7-9-11-13-19-20(14-12-10-8-6-2)26-23-22(25-19)18(4)28-24(23)21-16-15-17(3)27-21;1-5-6-7-8-9-13-10(2)16-14-11(3)18-12(4)15(14)17-13;;/h29-32,35-36H,7-28,33-34H2,1-6H3;15-16H,5-14H2,1-4H3;5-9H2,1-4H3;2*1H4. The van der Waals surface area contributed by atoms with Gasteiger partial charge in [-0.2, -0.15) is 0 Å². The van der Waals surface area contributed by atoms with Gasteiger partial charge in [-0.05, 0) is 172 Å². The Morgan fingerprint density at radius 2 is 0.640 bits per heavy atom. The number of fused-ring (bicyclic) bond motifs is 6. The molecule has 1 aliphatic carbocycles. The smallest absolute Gasteiger partial charge is 0.109 e. The van der Waals surface area contributed by atoms with Gasteiger partial charge in [-0.25, -0.2) is 29.9 Å². The van der Waals surface area contributed by atoms with Crippen molar-refractivity contribution in [3.05, 3.63) is 124 Å². The Kier molecular flexibility index (Phi) is 37.2. The highest BCUT2D eigenvalue weighted by Crippen LogP contribution is 2.56. The third kappa shape index (κ3) is 22.9. The first-order valence-corrected chi connectivity index (χ1v) is 43.1. The van der Waals surface area contributed by atoms with E-state index in [2.05, 4.69) is 145 Å². The van der Waals surface area contributed by atoms with E-state index in [-0.39, 0.29) is 20.3 Å². The maximum Gasteiger partial charge on any atom is 0.109 e. The van der Waals surface area contributed by atoms with Gasteiger partial charge in [-0.15, -0.1) is 45.3 Å². The largest absolute Gasteiger partial charge is 0.248 e. The molecule has 7 aromatic heterocycles. The summed E-state index contributed by atoms with van der Waals surface area (Å²) < 4.78 is 0. The van der Waals surface area contributed by atoms with Crippen molar-refractivity contribution in [2.75, 3.05) is 0 Å². The Labute approximate surface area is 626 Å². The van der Waals surface area contributed by atoms with Crippen LogP contribution in [0.2, 0.25) is 0 Å². The van der Waals surface area contributed by atoms with Crippen molar-refractivity contribution in [2.24, 2.45) is 0 Å². The minimum absolute atomic E-state index is 0. The summed E-state index contributed by atoms with van der Waals surface area (Å²) in [6, 6.07) is 19.3. The van der Waals surface area contributed by atoms with Crippen LogP contribution in [0.4, 0.5) is 0 Å². The quantitative estimate of drug-likeness (QED) is 0.0355. The lowest BCUT2D eigenvalue weighted by atomic mass is 9.70. The van der Waals surface area contributed by atoms with Crippen molar-refractivity contribution in [1.29, 1.82) is 0 Å². The Hall–Kier alpha value is -4.74. The fourth-order valence-corrected chi connectivity index (χ4v) is 19.0. The molecular weight excluding hydrogens is 1290 g/mol. The van der Waals surface area contributed by atoms with Crippen molar-refractivity contribution >= 4 is 78.4 Å². The van der Waals surface area contributed by atoms with Gasteiger partial charge in [-0.1, -0.05) is 273 Å². The minimum Gasteiger partial charge on any atom is -0.248 e. The van der Waals surface area contributed by atoms with E-state index in [4.69, 9.17) is 29.9 Å². The molecule has 7 heterocycles. The molecule has 0 saturated heterocycles. The van der Waals surface area contributed by atoms with E-state index in [1.54, 1.807) is 22.5 Å². The Balaban J connectivity index is 0.000000272. The predicted octanol–water partition coefficient (Wildman–Crippen LogP) is 30.3. The molecule has 0 unspecified atom stereocenters. The fraction of sp³-hybridized carbons (Fsp3) is 0.622. The van der Waals surface area contributed by atoms with E-state index in [0.29, 0.717) is 0 Å². The lowest BCUT2D eigenvalue weighted by molar-refractivity contribution is 0.398. The molecule has 0 saturated carbocycles. The van der Waals surface area contributed by atoms with Gasteiger partial charge in [0.25, 0.3) is 0 Å². The second kappa shape index (κ2) is 44.2. The SMILES string of the molecule is C.C.CCCCCCCCC1(CCCCCCCC)c2cc(C)ccc2-c2ccc(-c3sc(C)c4nc(CCCCCC)c(CCCCCC)nc34)cc21.CCCCCCc1nc2c(C)sc(-c3ccc(C)s3)c2nc1CCCCCC.CCCCCCc1nc2c(C)sc(C)c2nc1C. The van der Waals surface area contributed by atoms with Crippen LogP contribution in [0.1, 0.15) is 357 Å². The molecule has 10 heteroatoms. The minimum atomic E-state index is 0. The summed E-state index contributed by atoms with van der Waals surface area (Å²) >= 11 is 7.46. The van der Waals surface area contributed by atoms with Crippen molar-refractivity contribution < 1.29 is 0 Å². The molecule has 10 rings (SSSR count). The molecule has 0 atom stereocenters. The fourth-order valence-electron chi connectivity index (χ4n) is 15.1. The summed E-state index contributed by atoms with van der Waals surface area (Å²) in [4.78, 5) is 41.5. The Morgan fingerprint density at radius 3 is 1.08 bits per heavy atom. The summed E-state index contributed by atoms with van der Waals surface area (Å²) in [5.74, 6) is 0. The second-order valence-corrected chi connectivity index (χ2v) is 34.3. The topological polar surface area (TPSA) is 77.3 Å². The zero-order chi connectivity index (χ0) is 69.8. The molecule has 2 aromatic carbocycles. The first-order chi connectivity index (χ1) is 47.7. The van der Waals surface area contributed by atoms with Crippen LogP contribution >= 0.6 is 45.3 Å². The average Bonchev–Trinajstić information content (AvgIpc) is 1.56. The molecule has 0 amide bonds. The number of thiophene rings is 4. The third-order valence-corrected chi connectivity index (χ3v) is 25.2. The van der Waals surface area contributed by atoms with Gasteiger partial charge in [-0.3, -0.25) is 0 Å². The average molecular weight is 1430 g/mol. The van der Waals surface area contributed by atoms with Gasteiger partial charge in [0.1, 0.15) is 33.1 Å². The maximum absolute atomic E-state index is 5.57. The number of aryl methyl sites for hydroxylation is 12. The Bertz CT molecular complexity index is 3840. The molecule has 0 radical (unpaired) electrons. The highest BCUT2D eigenvalue weighted by Gasteiger charge is 2.43. The van der Waals surface area contributed by atoms with Crippen LogP contribution < -0.4 is 0 Å². The van der Waals surface area contributed by atoms with Crippen LogP contribution in [0.15, 0.2) is 48.5 Å².